The van der Waals surface area contributed by atoms with E-state index in [4.69, 9.17) is 0 Å². The van der Waals surface area contributed by atoms with Gasteiger partial charge >= 0.3 is 0 Å². The second kappa shape index (κ2) is 5.46. The van der Waals surface area contributed by atoms with Crippen molar-refractivity contribution in [2.75, 3.05) is 30.9 Å². The number of aliphatic hydroxyl groups is 1. The Morgan fingerprint density at radius 1 is 1.15 bits per heavy atom. The fourth-order valence-electron chi connectivity index (χ4n) is 2.01. The summed E-state index contributed by atoms with van der Waals surface area (Å²) >= 11 is 0. The van der Waals surface area contributed by atoms with E-state index in [-0.39, 0.29) is 6.54 Å². The largest absolute Gasteiger partial charge is 0.392 e. The van der Waals surface area contributed by atoms with Crippen molar-refractivity contribution in [3.05, 3.63) is 44.7 Å². The Balaban J connectivity index is 2.31. The molecule has 0 aliphatic heterocycles. The molecule has 0 aliphatic carbocycles. The molecule has 2 rings (SSSR count). The van der Waals surface area contributed by atoms with Gasteiger partial charge < -0.3 is 15.3 Å². The molecule has 5 nitrogen and oxygen atoms in total. The van der Waals surface area contributed by atoms with Gasteiger partial charge in [0.2, 0.25) is 10.9 Å². The molecule has 0 bridgehead atoms. The third kappa shape index (κ3) is 2.58. The monoisotopic (exact) mass is 274 g/mol. The van der Waals surface area contributed by atoms with Crippen LogP contribution in [0, 0.1) is 0 Å². The molecule has 0 radical (unpaired) electrons. The average Bonchev–Trinajstić information content (AvgIpc) is 2.42. The fraction of sp³-hybridized carbons (Fsp3) is 0.333. The predicted molar refractivity (Wildman–Crippen MR) is 81.3 cm³/mol. The third-order valence-corrected chi connectivity index (χ3v) is 3.16. The van der Waals surface area contributed by atoms with Crippen LogP contribution in [0.3, 0.4) is 0 Å². The molecule has 0 fully saturated rings. The Hall–Kier alpha value is -2.14. The molecule has 1 atom stereocenters. The van der Waals surface area contributed by atoms with E-state index in [1.807, 2.05) is 43.3 Å². The van der Waals surface area contributed by atoms with Crippen LogP contribution in [0.25, 0.3) is 11.1 Å². The van der Waals surface area contributed by atoms with Crippen molar-refractivity contribution in [3.63, 3.8) is 0 Å². The molecule has 0 unspecified atom stereocenters. The lowest BCUT2D eigenvalue weighted by Gasteiger charge is -2.16. The van der Waals surface area contributed by atoms with Crippen LogP contribution >= 0.6 is 0 Å². The van der Waals surface area contributed by atoms with Gasteiger partial charge in [0.15, 0.2) is 0 Å². The highest BCUT2D eigenvalue weighted by atomic mass is 16.3. The molecular formula is C15H18N2O3. The van der Waals surface area contributed by atoms with Gasteiger partial charge in [0.25, 0.3) is 0 Å². The summed E-state index contributed by atoms with van der Waals surface area (Å²) in [6.07, 6.45) is -0.580. The summed E-state index contributed by atoms with van der Waals surface area (Å²) in [7, 11) is 3.86. The van der Waals surface area contributed by atoms with E-state index in [1.165, 1.54) is 0 Å². The van der Waals surface area contributed by atoms with Crippen molar-refractivity contribution in [2.45, 2.75) is 13.0 Å². The number of rotatable bonds is 5. The Bertz CT molecular complexity index is 665. The summed E-state index contributed by atoms with van der Waals surface area (Å²) in [5.74, 6) is 0. The molecule has 2 aromatic carbocycles. The van der Waals surface area contributed by atoms with Gasteiger partial charge in [-0.15, -0.1) is 0 Å². The Kier molecular flexibility index (Phi) is 3.90. The molecule has 2 N–H and O–H groups in total. The quantitative estimate of drug-likeness (QED) is 0.790. The Morgan fingerprint density at radius 2 is 1.75 bits per heavy atom. The lowest BCUT2D eigenvalue weighted by atomic mass is 9.98. The van der Waals surface area contributed by atoms with E-state index in [1.54, 1.807) is 6.92 Å². The highest BCUT2D eigenvalue weighted by Crippen LogP contribution is 2.25. The molecule has 5 heteroatoms. The number of aliphatic hydroxyl groups excluding tert-OH is 1. The molecule has 2 aromatic rings. The van der Waals surface area contributed by atoms with Gasteiger partial charge in [-0.2, -0.15) is 0 Å². The van der Waals surface area contributed by atoms with Crippen molar-refractivity contribution >= 4 is 11.4 Å². The Morgan fingerprint density at radius 3 is 2.25 bits per heavy atom. The molecule has 0 heterocycles. The number of hydrogen-bond donors (Lipinski definition) is 2. The first kappa shape index (κ1) is 14.3. The van der Waals surface area contributed by atoms with Crippen LogP contribution in [0.5, 0.6) is 0 Å². The molecular weight excluding hydrogens is 256 g/mol. The summed E-state index contributed by atoms with van der Waals surface area (Å²) in [5.41, 5.74) is 1.45. The van der Waals surface area contributed by atoms with Crippen molar-refractivity contribution in [3.8, 4) is 11.1 Å². The molecule has 0 amide bonds. The summed E-state index contributed by atoms with van der Waals surface area (Å²) in [4.78, 5) is 25.2. The standard InChI is InChI=1S/C15H18N2O3/c1-9(18)8-16-13-12(14(19)15(13)20)10-4-6-11(7-5-10)17(2)3/h4-7,9,16,18H,8H2,1-3H3/t9-/m1/s1. The summed E-state index contributed by atoms with van der Waals surface area (Å²) in [6.45, 7) is 1.86. The highest BCUT2D eigenvalue weighted by Gasteiger charge is 2.22. The number of nitrogens with zero attached hydrogens (tertiary/aromatic N) is 1. The van der Waals surface area contributed by atoms with Gasteiger partial charge in [0.1, 0.15) is 0 Å². The van der Waals surface area contributed by atoms with Gasteiger partial charge in [-0.05, 0) is 24.6 Å². The van der Waals surface area contributed by atoms with Crippen LogP contribution in [0.15, 0.2) is 33.9 Å². The van der Waals surface area contributed by atoms with Gasteiger partial charge in [-0.1, -0.05) is 12.1 Å². The van der Waals surface area contributed by atoms with Gasteiger partial charge in [-0.3, -0.25) is 9.59 Å². The lowest BCUT2D eigenvalue weighted by molar-refractivity contribution is 0.208. The van der Waals surface area contributed by atoms with Crippen LogP contribution in [0.2, 0.25) is 0 Å². The van der Waals surface area contributed by atoms with Gasteiger partial charge in [0, 0.05) is 26.3 Å². The molecule has 0 spiro atoms. The number of hydrogen-bond acceptors (Lipinski definition) is 5. The number of nitrogens with one attached hydrogen (secondary N) is 1. The van der Waals surface area contributed by atoms with E-state index >= 15 is 0 Å². The van der Waals surface area contributed by atoms with Crippen LogP contribution in [-0.2, 0) is 0 Å². The molecule has 106 valence electrons. The zero-order chi connectivity index (χ0) is 14.9. The molecule has 0 saturated heterocycles. The first-order valence-electron chi connectivity index (χ1n) is 6.45. The second-order valence-corrected chi connectivity index (χ2v) is 5.08. The number of benzene rings is 1. The summed E-state index contributed by atoms with van der Waals surface area (Å²) in [5, 5.41) is 12.1. The van der Waals surface area contributed by atoms with E-state index in [0.717, 1.165) is 5.69 Å². The fourth-order valence-corrected chi connectivity index (χ4v) is 2.01. The van der Waals surface area contributed by atoms with E-state index in [9.17, 15) is 14.7 Å². The molecule has 0 aliphatic rings. The first-order chi connectivity index (χ1) is 9.41. The molecule has 0 saturated carbocycles. The lowest BCUT2D eigenvalue weighted by Crippen LogP contribution is -2.37. The van der Waals surface area contributed by atoms with Crippen molar-refractivity contribution in [1.29, 1.82) is 0 Å². The minimum absolute atomic E-state index is 0.244. The summed E-state index contributed by atoms with van der Waals surface area (Å²) in [6, 6.07) is 7.42. The molecule has 20 heavy (non-hydrogen) atoms. The zero-order valence-corrected chi connectivity index (χ0v) is 11.8. The van der Waals surface area contributed by atoms with E-state index < -0.39 is 17.0 Å². The van der Waals surface area contributed by atoms with Gasteiger partial charge in [-0.25, -0.2) is 0 Å². The maximum absolute atomic E-state index is 11.7. The van der Waals surface area contributed by atoms with E-state index in [0.29, 0.717) is 16.8 Å². The smallest absolute Gasteiger partial charge is 0.250 e. The minimum atomic E-state index is -0.580. The first-order valence-corrected chi connectivity index (χ1v) is 6.45. The molecule has 0 aromatic heterocycles. The zero-order valence-electron chi connectivity index (χ0n) is 11.8. The van der Waals surface area contributed by atoms with Crippen molar-refractivity contribution in [1.82, 2.24) is 0 Å². The predicted octanol–water partition coefficient (Wildman–Crippen LogP) is 0.808. The second-order valence-electron chi connectivity index (χ2n) is 5.08. The minimum Gasteiger partial charge on any atom is -0.392 e. The average molecular weight is 274 g/mol. The van der Waals surface area contributed by atoms with Crippen LogP contribution in [0.1, 0.15) is 6.92 Å². The number of anilines is 2. The van der Waals surface area contributed by atoms with Crippen LogP contribution in [-0.4, -0.2) is 31.9 Å². The normalized spacial score (nSPS) is 12.4. The van der Waals surface area contributed by atoms with Crippen LogP contribution < -0.4 is 21.1 Å². The topological polar surface area (TPSA) is 69.6 Å². The maximum atomic E-state index is 11.7. The van der Waals surface area contributed by atoms with Gasteiger partial charge in [0.05, 0.1) is 17.4 Å². The third-order valence-electron chi connectivity index (χ3n) is 3.16. The SMILES string of the molecule is C[C@@H](O)CNc1c(-c2ccc(N(C)C)cc2)c(=O)c1=O. The maximum Gasteiger partial charge on any atom is 0.250 e. The van der Waals surface area contributed by atoms with Crippen molar-refractivity contribution < 1.29 is 5.11 Å². The van der Waals surface area contributed by atoms with E-state index in [2.05, 4.69) is 5.32 Å². The summed E-state index contributed by atoms with van der Waals surface area (Å²) < 4.78 is 0. The van der Waals surface area contributed by atoms with Crippen LogP contribution in [0.4, 0.5) is 11.4 Å². The highest BCUT2D eigenvalue weighted by molar-refractivity contribution is 5.82. The Labute approximate surface area is 117 Å². The van der Waals surface area contributed by atoms with Crippen molar-refractivity contribution in [2.24, 2.45) is 0 Å².